The number of aromatic nitrogens is 4. The van der Waals surface area contributed by atoms with Crippen molar-refractivity contribution in [3.8, 4) is 0 Å². The van der Waals surface area contributed by atoms with Gasteiger partial charge in [0.25, 0.3) is 0 Å². The van der Waals surface area contributed by atoms with E-state index in [1.807, 2.05) is 30.0 Å². The van der Waals surface area contributed by atoms with Crippen molar-refractivity contribution in [1.29, 1.82) is 0 Å². The molecule has 1 aliphatic heterocycles. The van der Waals surface area contributed by atoms with Gasteiger partial charge in [0.1, 0.15) is 17.4 Å². The third-order valence-corrected chi connectivity index (χ3v) is 5.16. The van der Waals surface area contributed by atoms with Crippen LogP contribution in [0.2, 0.25) is 5.28 Å². The smallest absolute Gasteiger partial charge is 0.225 e. The molecule has 0 bridgehead atoms. The Morgan fingerprint density at radius 1 is 1.04 bits per heavy atom. The zero-order valence-corrected chi connectivity index (χ0v) is 15.1. The van der Waals surface area contributed by atoms with E-state index in [-0.39, 0.29) is 5.28 Å². The molecule has 4 rings (SSSR count). The predicted octanol–water partition coefficient (Wildman–Crippen LogP) is 3.24. The first kappa shape index (κ1) is 16.4. The standard InChI is InChI=1S/C17H17ClN6S/c18-17-22-13-14(16(23-17)24-6-8-25-9-7-24)20-11-21-15(13)19-10-12-4-2-1-3-5-12/h1-5,11H,6-10H2,(H,19,20,21). The number of rotatable bonds is 4. The molecule has 3 heterocycles. The number of benzene rings is 1. The lowest BCUT2D eigenvalue weighted by Gasteiger charge is -2.28. The molecule has 8 heteroatoms. The SMILES string of the molecule is Clc1nc(N2CCSCC2)c2ncnc(NCc3ccccc3)c2n1. The van der Waals surface area contributed by atoms with Crippen LogP contribution < -0.4 is 10.2 Å². The number of anilines is 2. The van der Waals surface area contributed by atoms with Gasteiger partial charge in [-0.1, -0.05) is 30.3 Å². The zero-order valence-electron chi connectivity index (χ0n) is 13.5. The zero-order chi connectivity index (χ0) is 17.1. The first-order valence-electron chi connectivity index (χ1n) is 8.10. The highest BCUT2D eigenvalue weighted by Crippen LogP contribution is 2.28. The highest BCUT2D eigenvalue weighted by molar-refractivity contribution is 7.99. The second-order valence-corrected chi connectivity index (χ2v) is 7.24. The maximum Gasteiger partial charge on any atom is 0.225 e. The van der Waals surface area contributed by atoms with E-state index in [9.17, 15) is 0 Å². The molecule has 1 aliphatic rings. The van der Waals surface area contributed by atoms with Crippen LogP contribution in [0.1, 0.15) is 5.56 Å². The minimum Gasteiger partial charge on any atom is -0.364 e. The lowest BCUT2D eigenvalue weighted by molar-refractivity contribution is 0.839. The number of halogens is 1. The van der Waals surface area contributed by atoms with Gasteiger partial charge >= 0.3 is 0 Å². The van der Waals surface area contributed by atoms with Crippen molar-refractivity contribution in [1.82, 2.24) is 19.9 Å². The van der Waals surface area contributed by atoms with Gasteiger partial charge in [0, 0.05) is 31.1 Å². The highest BCUT2D eigenvalue weighted by atomic mass is 35.5. The van der Waals surface area contributed by atoms with E-state index in [1.54, 1.807) is 6.33 Å². The number of nitrogens with one attached hydrogen (secondary N) is 1. The van der Waals surface area contributed by atoms with E-state index in [4.69, 9.17) is 11.6 Å². The number of nitrogens with zero attached hydrogens (tertiary/aromatic N) is 5. The summed E-state index contributed by atoms with van der Waals surface area (Å²) in [4.78, 5) is 19.8. The van der Waals surface area contributed by atoms with Gasteiger partial charge in [-0.25, -0.2) is 15.0 Å². The number of hydrogen-bond acceptors (Lipinski definition) is 7. The van der Waals surface area contributed by atoms with Gasteiger partial charge in [-0.05, 0) is 17.2 Å². The van der Waals surface area contributed by atoms with E-state index < -0.39 is 0 Å². The van der Waals surface area contributed by atoms with E-state index in [1.165, 1.54) is 5.56 Å². The molecule has 0 saturated carbocycles. The van der Waals surface area contributed by atoms with E-state index in [0.29, 0.717) is 17.9 Å². The third kappa shape index (κ3) is 3.62. The summed E-state index contributed by atoms with van der Waals surface area (Å²) in [5.74, 6) is 3.62. The summed E-state index contributed by atoms with van der Waals surface area (Å²) < 4.78 is 0. The fraction of sp³-hybridized carbons (Fsp3) is 0.294. The van der Waals surface area contributed by atoms with Crippen molar-refractivity contribution < 1.29 is 0 Å². The van der Waals surface area contributed by atoms with Gasteiger partial charge in [0.15, 0.2) is 11.6 Å². The monoisotopic (exact) mass is 372 g/mol. The Bertz CT molecular complexity index is 870. The summed E-state index contributed by atoms with van der Waals surface area (Å²) >= 11 is 8.14. The van der Waals surface area contributed by atoms with Crippen molar-refractivity contribution in [2.75, 3.05) is 34.8 Å². The molecule has 1 fully saturated rings. The second kappa shape index (κ2) is 7.41. The molecule has 2 aromatic heterocycles. The van der Waals surface area contributed by atoms with Gasteiger partial charge in [0.05, 0.1) is 0 Å². The van der Waals surface area contributed by atoms with Crippen LogP contribution in [0.3, 0.4) is 0 Å². The van der Waals surface area contributed by atoms with Crippen LogP contribution in [0.4, 0.5) is 11.6 Å². The molecular formula is C17H17ClN6S. The van der Waals surface area contributed by atoms with Crippen molar-refractivity contribution in [3.63, 3.8) is 0 Å². The molecule has 0 spiro atoms. The summed E-state index contributed by atoms with van der Waals surface area (Å²) in [6.07, 6.45) is 1.55. The van der Waals surface area contributed by atoms with Gasteiger partial charge in [-0.2, -0.15) is 16.7 Å². The maximum absolute atomic E-state index is 6.19. The summed E-state index contributed by atoms with van der Waals surface area (Å²) in [5, 5.41) is 3.56. The Labute approximate surface area is 155 Å². The maximum atomic E-state index is 6.19. The lowest BCUT2D eigenvalue weighted by Crippen LogP contribution is -2.33. The summed E-state index contributed by atoms with van der Waals surface area (Å²) in [6.45, 7) is 2.53. The normalized spacial score (nSPS) is 14.7. The number of fused-ring (bicyclic) bond motifs is 1. The summed E-state index contributed by atoms with van der Waals surface area (Å²) in [7, 11) is 0. The average Bonchev–Trinajstić information content (AvgIpc) is 2.67. The molecule has 0 unspecified atom stereocenters. The molecule has 0 radical (unpaired) electrons. The lowest BCUT2D eigenvalue weighted by atomic mass is 10.2. The second-order valence-electron chi connectivity index (χ2n) is 5.67. The molecule has 0 aliphatic carbocycles. The number of thioether (sulfide) groups is 1. The molecule has 128 valence electrons. The molecular weight excluding hydrogens is 356 g/mol. The van der Waals surface area contributed by atoms with Crippen LogP contribution in [-0.2, 0) is 6.54 Å². The van der Waals surface area contributed by atoms with E-state index in [0.717, 1.165) is 35.9 Å². The van der Waals surface area contributed by atoms with Crippen molar-refractivity contribution in [2.24, 2.45) is 0 Å². The Balaban J connectivity index is 1.69. The fourth-order valence-electron chi connectivity index (χ4n) is 2.81. The predicted molar refractivity (Wildman–Crippen MR) is 103 cm³/mol. The van der Waals surface area contributed by atoms with Gasteiger partial charge in [-0.15, -0.1) is 0 Å². The Hall–Kier alpha value is -2.12. The number of hydrogen-bond donors (Lipinski definition) is 1. The van der Waals surface area contributed by atoms with Crippen LogP contribution in [0.25, 0.3) is 11.0 Å². The molecule has 0 amide bonds. The molecule has 0 atom stereocenters. The van der Waals surface area contributed by atoms with E-state index in [2.05, 4.69) is 42.3 Å². The summed E-state index contributed by atoms with van der Waals surface area (Å²) in [5.41, 5.74) is 2.57. The van der Waals surface area contributed by atoms with E-state index >= 15 is 0 Å². The van der Waals surface area contributed by atoms with Crippen molar-refractivity contribution in [3.05, 3.63) is 47.5 Å². The van der Waals surface area contributed by atoms with Crippen molar-refractivity contribution >= 4 is 46.0 Å². The molecule has 3 aromatic rings. The fourth-order valence-corrected chi connectivity index (χ4v) is 3.88. The molecule has 1 saturated heterocycles. The first-order valence-corrected chi connectivity index (χ1v) is 9.63. The molecule has 1 aromatic carbocycles. The minimum atomic E-state index is 0.221. The van der Waals surface area contributed by atoms with Crippen LogP contribution in [0.5, 0.6) is 0 Å². The Morgan fingerprint density at radius 2 is 1.84 bits per heavy atom. The third-order valence-electron chi connectivity index (χ3n) is 4.05. The Kier molecular flexibility index (Phi) is 4.85. The Morgan fingerprint density at radius 3 is 2.64 bits per heavy atom. The van der Waals surface area contributed by atoms with Gasteiger partial charge < -0.3 is 10.2 Å². The minimum absolute atomic E-state index is 0.221. The van der Waals surface area contributed by atoms with Crippen LogP contribution in [0, 0.1) is 0 Å². The van der Waals surface area contributed by atoms with Gasteiger partial charge in [-0.3, -0.25) is 0 Å². The van der Waals surface area contributed by atoms with Crippen LogP contribution in [0.15, 0.2) is 36.7 Å². The van der Waals surface area contributed by atoms with Crippen molar-refractivity contribution in [2.45, 2.75) is 6.54 Å². The largest absolute Gasteiger partial charge is 0.364 e. The van der Waals surface area contributed by atoms with Crippen LogP contribution >= 0.6 is 23.4 Å². The highest BCUT2D eigenvalue weighted by Gasteiger charge is 2.19. The molecule has 25 heavy (non-hydrogen) atoms. The average molecular weight is 373 g/mol. The molecule has 6 nitrogen and oxygen atoms in total. The van der Waals surface area contributed by atoms with Gasteiger partial charge in [0.2, 0.25) is 5.28 Å². The quantitative estimate of drug-likeness (QED) is 0.705. The summed E-state index contributed by atoms with van der Waals surface area (Å²) in [6, 6.07) is 10.2. The first-order chi connectivity index (χ1) is 12.3. The molecule has 1 N–H and O–H groups in total. The van der Waals surface area contributed by atoms with Crippen LogP contribution in [-0.4, -0.2) is 44.5 Å². The topological polar surface area (TPSA) is 66.8 Å².